The molecule has 2 nitrogen and oxygen atoms in total. The summed E-state index contributed by atoms with van der Waals surface area (Å²) in [5, 5.41) is 17.7. The molecule has 1 aliphatic rings. The number of aliphatic hydroxyl groups excluding tert-OH is 1. The highest BCUT2D eigenvalue weighted by molar-refractivity contribution is 5.40. The van der Waals surface area contributed by atoms with Crippen LogP contribution in [0.3, 0.4) is 0 Å². The summed E-state index contributed by atoms with van der Waals surface area (Å²) >= 11 is 0. The van der Waals surface area contributed by atoms with E-state index in [4.69, 9.17) is 10.4 Å². The van der Waals surface area contributed by atoms with Gasteiger partial charge in [0.15, 0.2) is 0 Å². The molecule has 13 heavy (non-hydrogen) atoms. The predicted octanol–water partition coefficient (Wildman–Crippen LogP) is 1.27. The lowest BCUT2D eigenvalue weighted by atomic mass is 10.1. The molecule has 1 unspecified atom stereocenters. The maximum atomic E-state index is 9.00. The fourth-order valence-electron chi connectivity index (χ4n) is 1.91. The van der Waals surface area contributed by atoms with E-state index in [1.54, 1.807) is 0 Å². The van der Waals surface area contributed by atoms with Crippen molar-refractivity contribution in [2.75, 3.05) is 6.61 Å². The first-order chi connectivity index (χ1) is 6.33. The van der Waals surface area contributed by atoms with Crippen LogP contribution in [0.25, 0.3) is 0 Å². The molecule has 0 bridgehead atoms. The van der Waals surface area contributed by atoms with Gasteiger partial charge < -0.3 is 5.11 Å². The summed E-state index contributed by atoms with van der Waals surface area (Å²) in [4.78, 5) is 0. The summed E-state index contributed by atoms with van der Waals surface area (Å²) in [7, 11) is 0. The Morgan fingerprint density at radius 1 is 1.38 bits per heavy atom. The smallest absolute Gasteiger partial charge is 0.0991 e. The van der Waals surface area contributed by atoms with Crippen molar-refractivity contribution in [1.82, 2.24) is 0 Å². The van der Waals surface area contributed by atoms with E-state index in [1.807, 2.05) is 18.2 Å². The third kappa shape index (κ3) is 1.43. The second-order valence-corrected chi connectivity index (χ2v) is 3.55. The highest BCUT2D eigenvalue weighted by Gasteiger charge is 2.20. The van der Waals surface area contributed by atoms with Crippen LogP contribution in [-0.2, 0) is 12.8 Å². The van der Waals surface area contributed by atoms with E-state index in [-0.39, 0.29) is 6.61 Å². The highest BCUT2D eigenvalue weighted by atomic mass is 16.3. The molecule has 0 fully saturated rings. The molecule has 1 aromatic rings. The Bertz CT molecular complexity index is 365. The number of aliphatic hydroxyl groups is 1. The van der Waals surface area contributed by atoms with Crippen LogP contribution in [-0.4, -0.2) is 11.7 Å². The van der Waals surface area contributed by atoms with Crippen molar-refractivity contribution in [3.8, 4) is 6.07 Å². The third-order valence-electron chi connectivity index (χ3n) is 2.61. The van der Waals surface area contributed by atoms with Crippen molar-refractivity contribution >= 4 is 0 Å². The maximum absolute atomic E-state index is 9.00. The summed E-state index contributed by atoms with van der Waals surface area (Å²) in [5.41, 5.74) is 3.24. The van der Waals surface area contributed by atoms with Gasteiger partial charge in [0.2, 0.25) is 0 Å². The summed E-state index contributed by atoms with van der Waals surface area (Å²) in [6, 6.07) is 7.91. The standard InChI is InChI=1S/C11H11NO/c12-6-8-1-2-10-4-9(7-13)5-11(10)3-8/h1-3,9,13H,4-5,7H2. The Balaban J connectivity index is 2.32. The van der Waals surface area contributed by atoms with Gasteiger partial charge in [-0.1, -0.05) is 6.07 Å². The van der Waals surface area contributed by atoms with Gasteiger partial charge in [-0.25, -0.2) is 0 Å². The lowest BCUT2D eigenvalue weighted by Crippen LogP contribution is -2.04. The number of fused-ring (bicyclic) bond motifs is 1. The molecular formula is C11H11NO. The SMILES string of the molecule is N#Cc1ccc2c(c1)CC(CO)C2. The fourth-order valence-corrected chi connectivity index (χ4v) is 1.91. The van der Waals surface area contributed by atoms with Gasteiger partial charge in [-0.05, 0) is 42.0 Å². The zero-order valence-corrected chi connectivity index (χ0v) is 7.33. The Labute approximate surface area is 77.4 Å². The number of benzene rings is 1. The van der Waals surface area contributed by atoms with Gasteiger partial charge in [0.05, 0.1) is 11.6 Å². The van der Waals surface area contributed by atoms with E-state index >= 15 is 0 Å². The molecule has 1 aromatic carbocycles. The third-order valence-corrected chi connectivity index (χ3v) is 2.61. The Morgan fingerprint density at radius 2 is 2.15 bits per heavy atom. The molecule has 0 saturated heterocycles. The second-order valence-electron chi connectivity index (χ2n) is 3.55. The first kappa shape index (κ1) is 8.28. The van der Waals surface area contributed by atoms with Crippen molar-refractivity contribution in [2.45, 2.75) is 12.8 Å². The van der Waals surface area contributed by atoms with E-state index in [0.29, 0.717) is 5.92 Å². The van der Waals surface area contributed by atoms with Crippen LogP contribution < -0.4 is 0 Å². The lowest BCUT2D eigenvalue weighted by Gasteiger charge is -2.00. The van der Waals surface area contributed by atoms with Gasteiger partial charge in [0.25, 0.3) is 0 Å². The molecule has 0 radical (unpaired) electrons. The molecule has 2 rings (SSSR count). The van der Waals surface area contributed by atoms with Crippen molar-refractivity contribution in [2.24, 2.45) is 5.92 Å². The van der Waals surface area contributed by atoms with Crippen molar-refractivity contribution in [3.63, 3.8) is 0 Å². The largest absolute Gasteiger partial charge is 0.396 e. The van der Waals surface area contributed by atoms with Gasteiger partial charge >= 0.3 is 0 Å². The molecule has 66 valence electrons. The summed E-state index contributed by atoms with van der Waals surface area (Å²) in [6.07, 6.45) is 1.87. The van der Waals surface area contributed by atoms with Crippen LogP contribution in [0.1, 0.15) is 16.7 Å². The molecule has 0 aliphatic heterocycles. The van der Waals surface area contributed by atoms with Gasteiger partial charge in [-0.3, -0.25) is 0 Å². The molecule has 0 amide bonds. The molecule has 1 atom stereocenters. The minimum absolute atomic E-state index is 0.247. The summed E-state index contributed by atoms with van der Waals surface area (Å²) < 4.78 is 0. The van der Waals surface area contributed by atoms with Crippen LogP contribution in [0.15, 0.2) is 18.2 Å². The van der Waals surface area contributed by atoms with Gasteiger partial charge in [0, 0.05) is 6.61 Å². The van der Waals surface area contributed by atoms with Gasteiger partial charge in [-0.2, -0.15) is 5.26 Å². The van der Waals surface area contributed by atoms with E-state index in [1.165, 1.54) is 11.1 Å². The average molecular weight is 173 g/mol. The number of nitriles is 1. The minimum atomic E-state index is 0.247. The Morgan fingerprint density at radius 3 is 2.85 bits per heavy atom. The normalized spacial score (nSPS) is 19.5. The van der Waals surface area contributed by atoms with Crippen LogP contribution in [0, 0.1) is 17.2 Å². The molecule has 0 heterocycles. The van der Waals surface area contributed by atoms with E-state index in [9.17, 15) is 0 Å². The highest BCUT2D eigenvalue weighted by Crippen LogP contribution is 2.26. The number of rotatable bonds is 1. The Kier molecular flexibility index (Phi) is 2.03. The predicted molar refractivity (Wildman–Crippen MR) is 49.1 cm³/mol. The van der Waals surface area contributed by atoms with E-state index in [0.717, 1.165) is 18.4 Å². The van der Waals surface area contributed by atoms with Crippen molar-refractivity contribution < 1.29 is 5.11 Å². The van der Waals surface area contributed by atoms with Gasteiger partial charge in [0.1, 0.15) is 0 Å². The summed E-state index contributed by atoms with van der Waals surface area (Å²) in [5.74, 6) is 0.365. The molecule has 1 N–H and O–H groups in total. The minimum Gasteiger partial charge on any atom is -0.396 e. The van der Waals surface area contributed by atoms with Crippen molar-refractivity contribution in [1.29, 1.82) is 5.26 Å². The van der Waals surface area contributed by atoms with E-state index in [2.05, 4.69) is 6.07 Å². The number of hydrogen-bond donors (Lipinski definition) is 1. The summed E-state index contributed by atoms with van der Waals surface area (Å²) in [6.45, 7) is 0.247. The van der Waals surface area contributed by atoms with E-state index < -0.39 is 0 Å². The monoisotopic (exact) mass is 173 g/mol. The first-order valence-corrected chi connectivity index (χ1v) is 4.46. The molecular weight excluding hydrogens is 162 g/mol. The fraction of sp³-hybridized carbons (Fsp3) is 0.364. The quantitative estimate of drug-likeness (QED) is 0.695. The molecule has 0 aromatic heterocycles. The number of hydrogen-bond acceptors (Lipinski definition) is 2. The first-order valence-electron chi connectivity index (χ1n) is 4.46. The zero-order valence-electron chi connectivity index (χ0n) is 7.33. The van der Waals surface area contributed by atoms with Crippen LogP contribution in [0.5, 0.6) is 0 Å². The van der Waals surface area contributed by atoms with Crippen LogP contribution >= 0.6 is 0 Å². The number of nitrogens with zero attached hydrogens (tertiary/aromatic N) is 1. The van der Waals surface area contributed by atoms with Crippen LogP contribution in [0.4, 0.5) is 0 Å². The lowest BCUT2D eigenvalue weighted by molar-refractivity contribution is 0.232. The molecule has 0 spiro atoms. The molecule has 0 saturated carbocycles. The maximum Gasteiger partial charge on any atom is 0.0991 e. The topological polar surface area (TPSA) is 44.0 Å². The Hall–Kier alpha value is -1.33. The van der Waals surface area contributed by atoms with Gasteiger partial charge in [-0.15, -0.1) is 0 Å². The second kappa shape index (κ2) is 3.20. The molecule has 2 heteroatoms. The average Bonchev–Trinajstić information content (AvgIpc) is 2.58. The van der Waals surface area contributed by atoms with Crippen LogP contribution in [0.2, 0.25) is 0 Å². The van der Waals surface area contributed by atoms with Crippen molar-refractivity contribution in [3.05, 3.63) is 34.9 Å². The zero-order chi connectivity index (χ0) is 9.26. The molecule has 1 aliphatic carbocycles.